The van der Waals surface area contributed by atoms with Gasteiger partial charge in [-0.25, -0.2) is 0 Å². The van der Waals surface area contributed by atoms with E-state index in [0.717, 1.165) is 10.4 Å². The molecule has 1 heterocycles. The molecule has 0 spiro atoms. The SMILES string of the molecule is COc1ccc(CNC(=O)CNC(=O)c2ccc(C)s2)cc1OC. The number of amides is 2. The number of aryl methyl sites for hydroxylation is 1. The van der Waals surface area contributed by atoms with E-state index in [1.54, 1.807) is 32.4 Å². The van der Waals surface area contributed by atoms with E-state index < -0.39 is 0 Å². The summed E-state index contributed by atoms with van der Waals surface area (Å²) in [7, 11) is 3.12. The number of rotatable bonds is 7. The van der Waals surface area contributed by atoms with Crippen LogP contribution in [0.15, 0.2) is 30.3 Å². The van der Waals surface area contributed by atoms with Gasteiger partial charge in [0, 0.05) is 11.4 Å². The number of methoxy groups -OCH3 is 2. The first-order valence-electron chi connectivity index (χ1n) is 7.35. The van der Waals surface area contributed by atoms with Crippen molar-refractivity contribution in [1.82, 2.24) is 10.6 Å². The molecule has 2 amide bonds. The summed E-state index contributed by atoms with van der Waals surface area (Å²) in [6.07, 6.45) is 0. The molecule has 0 bridgehead atoms. The van der Waals surface area contributed by atoms with E-state index in [1.807, 2.05) is 19.1 Å². The number of hydrogen-bond donors (Lipinski definition) is 2. The monoisotopic (exact) mass is 348 g/mol. The molecule has 2 rings (SSSR count). The predicted molar refractivity (Wildman–Crippen MR) is 92.8 cm³/mol. The van der Waals surface area contributed by atoms with Crippen LogP contribution in [-0.4, -0.2) is 32.6 Å². The summed E-state index contributed by atoms with van der Waals surface area (Å²) in [6, 6.07) is 9.04. The average Bonchev–Trinajstić information content (AvgIpc) is 3.04. The van der Waals surface area contributed by atoms with Gasteiger partial charge in [-0.1, -0.05) is 6.07 Å². The second-order valence-electron chi connectivity index (χ2n) is 5.06. The Morgan fingerprint density at radius 3 is 2.42 bits per heavy atom. The fraction of sp³-hybridized carbons (Fsp3) is 0.294. The topological polar surface area (TPSA) is 76.7 Å². The molecule has 0 radical (unpaired) electrons. The van der Waals surface area contributed by atoms with Crippen molar-refractivity contribution < 1.29 is 19.1 Å². The average molecular weight is 348 g/mol. The molecule has 1 aromatic heterocycles. The largest absolute Gasteiger partial charge is 0.493 e. The highest BCUT2D eigenvalue weighted by atomic mass is 32.1. The number of hydrogen-bond acceptors (Lipinski definition) is 5. The van der Waals surface area contributed by atoms with Crippen LogP contribution < -0.4 is 20.1 Å². The van der Waals surface area contributed by atoms with Gasteiger partial charge in [-0.3, -0.25) is 9.59 Å². The van der Waals surface area contributed by atoms with Crippen LogP contribution in [0.5, 0.6) is 11.5 Å². The lowest BCUT2D eigenvalue weighted by atomic mass is 10.2. The van der Waals surface area contributed by atoms with Crippen LogP contribution in [-0.2, 0) is 11.3 Å². The summed E-state index contributed by atoms with van der Waals surface area (Å²) < 4.78 is 10.4. The van der Waals surface area contributed by atoms with Gasteiger partial charge in [-0.05, 0) is 36.8 Å². The fourth-order valence-electron chi connectivity index (χ4n) is 2.06. The summed E-state index contributed by atoms with van der Waals surface area (Å²) >= 11 is 1.40. The van der Waals surface area contributed by atoms with Gasteiger partial charge in [-0.15, -0.1) is 11.3 Å². The van der Waals surface area contributed by atoms with Gasteiger partial charge in [-0.2, -0.15) is 0 Å². The molecule has 0 unspecified atom stereocenters. The molecule has 0 saturated carbocycles. The molecule has 0 atom stereocenters. The maximum Gasteiger partial charge on any atom is 0.261 e. The van der Waals surface area contributed by atoms with Crippen LogP contribution in [0.2, 0.25) is 0 Å². The molecule has 0 aliphatic rings. The van der Waals surface area contributed by atoms with Gasteiger partial charge in [0.25, 0.3) is 5.91 Å². The first kappa shape index (κ1) is 17.8. The molecule has 0 fully saturated rings. The molecule has 7 heteroatoms. The molecule has 1 aromatic carbocycles. The van der Waals surface area contributed by atoms with E-state index in [9.17, 15) is 9.59 Å². The quantitative estimate of drug-likeness (QED) is 0.804. The summed E-state index contributed by atoms with van der Waals surface area (Å²) in [4.78, 5) is 25.4. The highest BCUT2D eigenvalue weighted by molar-refractivity contribution is 7.13. The van der Waals surface area contributed by atoms with Crippen molar-refractivity contribution in [1.29, 1.82) is 0 Å². The summed E-state index contributed by atoms with van der Waals surface area (Å²) in [5.41, 5.74) is 0.876. The Morgan fingerprint density at radius 1 is 1.04 bits per heavy atom. The molecule has 0 aliphatic heterocycles. The van der Waals surface area contributed by atoms with Crippen LogP contribution in [0.3, 0.4) is 0 Å². The van der Waals surface area contributed by atoms with Gasteiger partial charge >= 0.3 is 0 Å². The first-order valence-corrected chi connectivity index (χ1v) is 8.17. The van der Waals surface area contributed by atoms with Crippen LogP contribution in [0, 0.1) is 6.92 Å². The fourth-order valence-corrected chi connectivity index (χ4v) is 2.84. The zero-order valence-electron chi connectivity index (χ0n) is 13.8. The molecular weight excluding hydrogens is 328 g/mol. The molecule has 2 N–H and O–H groups in total. The first-order chi connectivity index (χ1) is 11.5. The number of ether oxygens (including phenoxy) is 2. The molecular formula is C17H20N2O4S. The van der Waals surface area contributed by atoms with Crippen molar-refractivity contribution in [3.05, 3.63) is 45.6 Å². The number of benzene rings is 1. The Bertz CT molecular complexity index is 727. The van der Waals surface area contributed by atoms with Crippen molar-refractivity contribution in [2.24, 2.45) is 0 Å². The van der Waals surface area contributed by atoms with Gasteiger partial charge in [0.15, 0.2) is 11.5 Å². The minimum absolute atomic E-state index is 0.0664. The van der Waals surface area contributed by atoms with Crippen molar-refractivity contribution in [2.45, 2.75) is 13.5 Å². The Kier molecular flexibility index (Phi) is 6.20. The standard InChI is InChI=1S/C17H20N2O4S/c1-11-4-7-15(24-11)17(21)19-10-16(20)18-9-12-5-6-13(22-2)14(8-12)23-3/h4-8H,9-10H2,1-3H3,(H,18,20)(H,19,21). The van der Waals surface area contributed by atoms with Crippen molar-refractivity contribution in [3.63, 3.8) is 0 Å². The summed E-state index contributed by atoms with van der Waals surface area (Å²) in [6.45, 7) is 2.20. The molecule has 128 valence electrons. The van der Waals surface area contributed by atoms with E-state index in [2.05, 4.69) is 10.6 Å². The second-order valence-corrected chi connectivity index (χ2v) is 6.35. The Balaban J connectivity index is 1.82. The molecule has 6 nitrogen and oxygen atoms in total. The second kappa shape index (κ2) is 8.35. The number of carbonyl (C=O) groups excluding carboxylic acids is 2. The van der Waals surface area contributed by atoms with Crippen LogP contribution in [0.25, 0.3) is 0 Å². The van der Waals surface area contributed by atoms with E-state index in [0.29, 0.717) is 22.9 Å². The Labute approximate surface area is 144 Å². The number of carbonyl (C=O) groups is 2. The zero-order chi connectivity index (χ0) is 17.5. The highest BCUT2D eigenvalue weighted by Gasteiger charge is 2.10. The van der Waals surface area contributed by atoms with Gasteiger partial charge in [0.1, 0.15) is 0 Å². The molecule has 24 heavy (non-hydrogen) atoms. The number of thiophene rings is 1. The smallest absolute Gasteiger partial charge is 0.261 e. The predicted octanol–water partition coefficient (Wildman–Crippen LogP) is 2.12. The lowest BCUT2D eigenvalue weighted by molar-refractivity contribution is -0.120. The molecule has 0 saturated heterocycles. The summed E-state index contributed by atoms with van der Waals surface area (Å²) in [5, 5.41) is 5.36. The van der Waals surface area contributed by atoms with E-state index in [4.69, 9.17) is 9.47 Å². The van der Waals surface area contributed by atoms with Crippen molar-refractivity contribution >= 4 is 23.2 Å². The maximum absolute atomic E-state index is 11.9. The molecule has 0 aliphatic carbocycles. The third-order valence-electron chi connectivity index (χ3n) is 3.31. The maximum atomic E-state index is 11.9. The minimum Gasteiger partial charge on any atom is -0.493 e. The third-order valence-corrected chi connectivity index (χ3v) is 4.31. The zero-order valence-corrected chi connectivity index (χ0v) is 14.7. The van der Waals surface area contributed by atoms with E-state index >= 15 is 0 Å². The van der Waals surface area contributed by atoms with Crippen molar-refractivity contribution in [3.8, 4) is 11.5 Å². The normalized spacial score (nSPS) is 10.1. The van der Waals surface area contributed by atoms with Crippen LogP contribution in [0.1, 0.15) is 20.1 Å². The van der Waals surface area contributed by atoms with E-state index in [1.165, 1.54) is 11.3 Å². The molecule has 2 aromatic rings. The Morgan fingerprint density at radius 2 is 1.79 bits per heavy atom. The Hall–Kier alpha value is -2.54. The summed E-state index contributed by atoms with van der Waals surface area (Å²) in [5.74, 6) is 0.734. The van der Waals surface area contributed by atoms with Gasteiger partial charge < -0.3 is 20.1 Å². The van der Waals surface area contributed by atoms with Crippen LogP contribution >= 0.6 is 11.3 Å². The lowest BCUT2D eigenvalue weighted by Gasteiger charge is -2.10. The van der Waals surface area contributed by atoms with Crippen molar-refractivity contribution in [2.75, 3.05) is 20.8 Å². The highest BCUT2D eigenvalue weighted by Crippen LogP contribution is 2.27. The van der Waals surface area contributed by atoms with Gasteiger partial charge in [0.2, 0.25) is 5.91 Å². The number of nitrogens with one attached hydrogen (secondary N) is 2. The van der Waals surface area contributed by atoms with Gasteiger partial charge in [0.05, 0.1) is 25.6 Å². The lowest BCUT2D eigenvalue weighted by Crippen LogP contribution is -2.36. The minimum atomic E-state index is -0.258. The third kappa shape index (κ3) is 4.73. The van der Waals surface area contributed by atoms with Crippen LogP contribution in [0.4, 0.5) is 0 Å². The van der Waals surface area contributed by atoms with E-state index in [-0.39, 0.29) is 18.4 Å².